The Balaban J connectivity index is 2.10. The Bertz CT molecular complexity index is 495. The first-order chi connectivity index (χ1) is 9.51. The molecule has 1 heterocycles. The summed E-state index contributed by atoms with van der Waals surface area (Å²) in [5, 5.41) is 16.4. The molecule has 6 heteroatoms. The highest BCUT2D eigenvalue weighted by Crippen LogP contribution is 2.18. The second kappa shape index (κ2) is 6.30. The number of morpholine rings is 1. The number of halogens is 1. The number of rotatable bonds is 4. The van der Waals surface area contributed by atoms with E-state index in [2.05, 4.69) is 4.90 Å². The number of nitrogens with zero attached hydrogens (tertiary/aromatic N) is 1. The van der Waals surface area contributed by atoms with E-state index in [-0.39, 0.29) is 30.4 Å². The van der Waals surface area contributed by atoms with Crippen molar-refractivity contribution in [2.75, 3.05) is 19.8 Å². The molecular formula is C14H20FN3O2. The summed E-state index contributed by atoms with van der Waals surface area (Å²) >= 11 is 0. The predicted molar refractivity (Wildman–Crippen MR) is 74.1 cm³/mol. The van der Waals surface area contributed by atoms with Crippen molar-refractivity contribution < 1.29 is 14.2 Å². The second-order valence-electron chi connectivity index (χ2n) is 5.14. The summed E-state index contributed by atoms with van der Waals surface area (Å²) in [6.07, 6.45) is -0.217. The Kier molecular flexibility index (Phi) is 4.69. The maximum Gasteiger partial charge on any atom is 0.128 e. The number of nitrogens with one attached hydrogen (secondary N) is 1. The monoisotopic (exact) mass is 281 g/mol. The molecule has 1 aliphatic rings. The maximum atomic E-state index is 14.0. The number of hydrogen-bond donors (Lipinski definition) is 3. The van der Waals surface area contributed by atoms with E-state index >= 15 is 0 Å². The summed E-state index contributed by atoms with van der Waals surface area (Å²) in [6, 6.07) is 4.76. The van der Waals surface area contributed by atoms with Crippen LogP contribution >= 0.6 is 0 Å². The minimum absolute atomic E-state index is 0.0328. The Labute approximate surface area is 117 Å². The molecule has 0 bridgehead atoms. The van der Waals surface area contributed by atoms with Crippen molar-refractivity contribution in [3.05, 3.63) is 35.1 Å². The third-order valence-corrected chi connectivity index (χ3v) is 3.58. The molecule has 0 radical (unpaired) electrons. The van der Waals surface area contributed by atoms with Gasteiger partial charge in [-0.2, -0.15) is 0 Å². The molecule has 1 aromatic carbocycles. The molecule has 5 nitrogen and oxygen atoms in total. The number of nitrogen functional groups attached to an aromatic ring is 1. The van der Waals surface area contributed by atoms with Gasteiger partial charge in [-0.15, -0.1) is 0 Å². The van der Waals surface area contributed by atoms with Gasteiger partial charge in [-0.1, -0.05) is 12.1 Å². The van der Waals surface area contributed by atoms with Gasteiger partial charge in [0.1, 0.15) is 11.7 Å². The van der Waals surface area contributed by atoms with Gasteiger partial charge in [-0.3, -0.25) is 10.3 Å². The average molecular weight is 281 g/mol. The minimum Gasteiger partial charge on any atom is -0.394 e. The summed E-state index contributed by atoms with van der Waals surface area (Å²) in [6.45, 7) is 3.53. The second-order valence-corrected chi connectivity index (χ2v) is 5.14. The number of ether oxygens (including phenoxy) is 1. The molecule has 4 N–H and O–H groups in total. The lowest BCUT2D eigenvalue weighted by Crippen LogP contribution is -2.48. The molecule has 1 fully saturated rings. The Hall–Kier alpha value is -1.50. The fourth-order valence-electron chi connectivity index (χ4n) is 2.27. The van der Waals surface area contributed by atoms with Crippen molar-refractivity contribution in [2.45, 2.75) is 25.6 Å². The molecule has 110 valence electrons. The first-order valence-corrected chi connectivity index (χ1v) is 6.60. The van der Waals surface area contributed by atoms with Crippen LogP contribution in [-0.4, -0.2) is 47.7 Å². The van der Waals surface area contributed by atoms with E-state index in [4.69, 9.17) is 21.0 Å². The van der Waals surface area contributed by atoms with Gasteiger partial charge in [-0.25, -0.2) is 4.39 Å². The van der Waals surface area contributed by atoms with Crippen molar-refractivity contribution in [3.8, 4) is 0 Å². The van der Waals surface area contributed by atoms with Crippen LogP contribution in [0.5, 0.6) is 0 Å². The minimum atomic E-state index is -0.364. The molecule has 2 rings (SSSR count). The van der Waals surface area contributed by atoms with Gasteiger partial charge >= 0.3 is 0 Å². The van der Waals surface area contributed by atoms with Gasteiger partial charge in [-0.05, 0) is 13.0 Å². The zero-order chi connectivity index (χ0) is 14.7. The predicted octanol–water partition coefficient (Wildman–Crippen LogP) is 0.691. The highest BCUT2D eigenvalue weighted by molar-refractivity contribution is 5.94. The van der Waals surface area contributed by atoms with Crippen molar-refractivity contribution in [2.24, 2.45) is 5.73 Å². The third kappa shape index (κ3) is 3.33. The molecule has 1 aliphatic heterocycles. The van der Waals surface area contributed by atoms with Crippen LogP contribution < -0.4 is 5.73 Å². The highest BCUT2D eigenvalue weighted by Gasteiger charge is 2.26. The van der Waals surface area contributed by atoms with Gasteiger partial charge in [0.25, 0.3) is 0 Å². The van der Waals surface area contributed by atoms with Crippen LogP contribution in [0.25, 0.3) is 0 Å². The number of aliphatic hydroxyl groups is 1. The van der Waals surface area contributed by atoms with Crippen LogP contribution in [0, 0.1) is 11.2 Å². The number of hydrogen-bond acceptors (Lipinski definition) is 4. The summed E-state index contributed by atoms with van der Waals surface area (Å²) in [7, 11) is 0. The topological polar surface area (TPSA) is 82.6 Å². The van der Waals surface area contributed by atoms with E-state index in [0.717, 1.165) is 0 Å². The van der Waals surface area contributed by atoms with Crippen LogP contribution in [0.2, 0.25) is 0 Å². The zero-order valence-corrected chi connectivity index (χ0v) is 11.5. The van der Waals surface area contributed by atoms with Crippen molar-refractivity contribution >= 4 is 5.84 Å². The maximum absolute atomic E-state index is 14.0. The fourth-order valence-corrected chi connectivity index (χ4v) is 2.27. The lowest BCUT2D eigenvalue weighted by atomic mass is 10.1. The lowest BCUT2D eigenvalue weighted by Gasteiger charge is -2.37. The quantitative estimate of drug-likeness (QED) is 0.560. The zero-order valence-electron chi connectivity index (χ0n) is 11.5. The largest absolute Gasteiger partial charge is 0.394 e. The molecule has 0 amide bonds. The standard InChI is InChI=1S/C14H20FN3O2/c1-9-8-20-12(7-19)6-18(9)5-11-3-2-10(14(16)17)4-13(11)15/h2-4,9,12,19H,5-8H2,1H3,(H3,16,17). The third-order valence-electron chi connectivity index (χ3n) is 3.58. The smallest absolute Gasteiger partial charge is 0.128 e. The molecule has 20 heavy (non-hydrogen) atoms. The van der Waals surface area contributed by atoms with Crippen LogP contribution in [0.3, 0.4) is 0 Å². The van der Waals surface area contributed by atoms with E-state index in [1.54, 1.807) is 12.1 Å². The summed E-state index contributed by atoms with van der Waals surface area (Å²) in [4.78, 5) is 2.08. The lowest BCUT2D eigenvalue weighted by molar-refractivity contribution is -0.0807. The molecule has 1 saturated heterocycles. The summed E-state index contributed by atoms with van der Waals surface area (Å²) < 4.78 is 19.5. The number of benzene rings is 1. The molecule has 0 aromatic heterocycles. The highest BCUT2D eigenvalue weighted by atomic mass is 19.1. The summed E-state index contributed by atoms with van der Waals surface area (Å²) in [5.41, 5.74) is 6.28. The number of nitrogens with two attached hydrogens (primary N) is 1. The van der Waals surface area contributed by atoms with E-state index < -0.39 is 0 Å². The van der Waals surface area contributed by atoms with Crippen molar-refractivity contribution in [3.63, 3.8) is 0 Å². The average Bonchev–Trinajstić information content (AvgIpc) is 2.43. The summed E-state index contributed by atoms with van der Waals surface area (Å²) in [5.74, 6) is -0.507. The Morgan fingerprint density at radius 1 is 1.60 bits per heavy atom. The molecule has 2 unspecified atom stereocenters. The molecule has 1 aromatic rings. The van der Waals surface area contributed by atoms with Gasteiger partial charge in [0.05, 0.1) is 19.3 Å². The fraction of sp³-hybridized carbons (Fsp3) is 0.500. The van der Waals surface area contributed by atoms with E-state index in [1.807, 2.05) is 6.92 Å². The van der Waals surface area contributed by atoms with E-state index in [9.17, 15) is 4.39 Å². The number of aliphatic hydroxyl groups excluding tert-OH is 1. The molecule has 2 atom stereocenters. The van der Waals surface area contributed by atoms with Gasteiger partial charge in [0.2, 0.25) is 0 Å². The first kappa shape index (κ1) is 14.9. The Morgan fingerprint density at radius 2 is 2.35 bits per heavy atom. The van der Waals surface area contributed by atoms with E-state index in [0.29, 0.717) is 30.8 Å². The van der Waals surface area contributed by atoms with E-state index in [1.165, 1.54) is 6.07 Å². The number of amidine groups is 1. The van der Waals surface area contributed by atoms with Gasteiger partial charge < -0.3 is 15.6 Å². The van der Waals surface area contributed by atoms with Gasteiger partial charge in [0.15, 0.2) is 0 Å². The molecule has 0 aliphatic carbocycles. The van der Waals surface area contributed by atoms with Crippen LogP contribution in [0.4, 0.5) is 4.39 Å². The van der Waals surface area contributed by atoms with Crippen LogP contribution in [-0.2, 0) is 11.3 Å². The molecular weight excluding hydrogens is 261 g/mol. The Morgan fingerprint density at radius 3 is 2.95 bits per heavy atom. The molecule has 0 saturated carbocycles. The van der Waals surface area contributed by atoms with Gasteiger partial charge in [0, 0.05) is 30.3 Å². The normalized spacial score (nSPS) is 23.8. The molecule has 0 spiro atoms. The SMILES string of the molecule is CC1COC(CO)CN1Cc1ccc(C(=N)N)cc1F. The van der Waals surface area contributed by atoms with Crippen LogP contribution in [0.1, 0.15) is 18.1 Å². The first-order valence-electron chi connectivity index (χ1n) is 6.60. The van der Waals surface area contributed by atoms with Crippen molar-refractivity contribution in [1.29, 1.82) is 5.41 Å². The van der Waals surface area contributed by atoms with Crippen molar-refractivity contribution in [1.82, 2.24) is 4.90 Å². The van der Waals surface area contributed by atoms with Crippen LogP contribution in [0.15, 0.2) is 18.2 Å².